The molecule has 0 aliphatic carbocycles. The van der Waals surface area contributed by atoms with Gasteiger partial charge in [0.2, 0.25) is 0 Å². The zero-order valence-electron chi connectivity index (χ0n) is 20.3. The maximum absolute atomic E-state index is 12.8. The zero-order chi connectivity index (χ0) is 24.0. The lowest BCUT2D eigenvalue weighted by Crippen LogP contribution is -2.43. The van der Waals surface area contributed by atoms with Crippen LogP contribution in [0.1, 0.15) is 53.2 Å². The Kier molecular flexibility index (Phi) is 8.03. The summed E-state index contributed by atoms with van der Waals surface area (Å²) >= 11 is 1.73. The van der Waals surface area contributed by atoms with Crippen LogP contribution in [0.25, 0.3) is 0 Å². The van der Waals surface area contributed by atoms with Gasteiger partial charge in [-0.15, -0.1) is 11.3 Å². The molecular formula is C28H34N2O3S. The van der Waals surface area contributed by atoms with E-state index in [1.54, 1.807) is 11.3 Å². The Labute approximate surface area is 206 Å². The van der Waals surface area contributed by atoms with Crippen LogP contribution >= 0.6 is 11.3 Å². The molecule has 2 heterocycles. The number of carbonyl (C=O) groups is 1. The van der Waals surface area contributed by atoms with Crippen molar-refractivity contribution >= 4 is 17.2 Å². The number of ether oxygens (including phenoxy) is 2. The summed E-state index contributed by atoms with van der Waals surface area (Å²) in [4.78, 5) is 16.5. The van der Waals surface area contributed by atoms with Gasteiger partial charge < -0.3 is 14.8 Å². The van der Waals surface area contributed by atoms with Crippen LogP contribution in [0.5, 0.6) is 5.75 Å². The van der Waals surface area contributed by atoms with E-state index >= 15 is 0 Å². The van der Waals surface area contributed by atoms with Crippen molar-refractivity contribution in [2.75, 3.05) is 32.8 Å². The molecule has 0 radical (unpaired) electrons. The molecular weight excluding hydrogens is 444 g/mol. The third kappa shape index (κ3) is 6.47. The topological polar surface area (TPSA) is 50.8 Å². The molecule has 4 rings (SSSR count). The van der Waals surface area contributed by atoms with Crippen molar-refractivity contribution in [1.29, 1.82) is 0 Å². The normalized spacial score (nSPS) is 15.6. The van der Waals surface area contributed by atoms with Gasteiger partial charge in [-0.05, 0) is 52.3 Å². The molecule has 180 valence electrons. The molecule has 1 saturated heterocycles. The molecule has 0 saturated carbocycles. The molecule has 0 spiro atoms. The van der Waals surface area contributed by atoms with Crippen LogP contribution < -0.4 is 10.1 Å². The molecule has 34 heavy (non-hydrogen) atoms. The maximum Gasteiger partial charge on any atom is 0.251 e. The fourth-order valence-corrected chi connectivity index (χ4v) is 4.90. The first-order valence-corrected chi connectivity index (χ1v) is 12.7. The third-order valence-electron chi connectivity index (χ3n) is 6.16. The second-order valence-corrected chi connectivity index (χ2v) is 10.6. The Morgan fingerprint density at radius 3 is 2.38 bits per heavy atom. The number of amides is 1. The van der Waals surface area contributed by atoms with E-state index in [1.165, 1.54) is 10.4 Å². The van der Waals surface area contributed by atoms with Gasteiger partial charge in [0.15, 0.2) is 0 Å². The van der Waals surface area contributed by atoms with Gasteiger partial charge in [-0.1, -0.05) is 51.1 Å². The van der Waals surface area contributed by atoms with Gasteiger partial charge in [0.25, 0.3) is 5.91 Å². The summed E-state index contributed by atoms with van der Waals surface area (Å²) in [5.74, 6) is 0.789. The number of nitrogens with zero attached hydrogens (tertiary/aromatic N) is 1. The van der Waals surface area contributed by atoms with Crippen LogP contribution in [0.4, 0.5) is 0 Å². The lowest BCUT2D eigenvalue weighted by molar-refractivity contribution is 0.0169. The number of rotatable bonds is 8. The lowest BCUT2D eigenvalue weighted by atomic mass is 9.87. The number of hydrogen-bond donors (Lipinski definition) is 1. The van der Waals surface area contributed by atoms with Gasteiger partial charge in [0.1, 0.15) is 12.4 Å². The van der Waals surface area contributed by atoms with E-state index in [9.17, 15) is 4.79 Å². The summed E-state index contributed by atoms with van der Waals surface area (Å²) in [6.45, 7) is 10.9. The molecule has 3 aromatic rings. The summed E-state index contributed by atoms with van der Waals surface area (Å²) in [7, 11) is 0. The quantitative estimate of drug-likeness (QED) is 0.469. The lowest BCUT2D eigenvalue weighted by Gasteiger charge is -2.34. The monoisotopic (exact) mass is 478 g/mol. The van der Waals surface area contributed by atoms with Gasteiger partial charge >= 0.3 is 0 Å². The molecule has 5 nitrogen and oxygen atoms in total. The van der Waals surface area contributed by atoms with E-state index in [0.29, 0.717) is 18.7 Å². The first-order chi connectivity index (χ1) is 16.4. The van der Waals surface area contributed by atoms with Crippen molar-refractivity contribution in [2.24, 2.45) is 0 Å². The average molecular weight is 479 g/mol. The molecule has 1 aliphatic rings. The van der Waals surface area contributed by atoms with Crippen molar-refractivity contribution in [3.05, 3.63) is 87.6 Å². The summed E-state index contributed by atoms with van der Waals surface area (Å²) in [5.41, 5.74) is 3.09. The fraction of sp³-hybridized carbons (Fsp3) is 0.393. The second kappa shape index (κ2) is 11.2. The third-order valence-corrected chi connectivity index (χ3v) is 7.13. The van der Waals surface area contributed by atoms with Gasteiger partial charge in [0.05, 0.1) is 19.3 Å². The molecule has 0 bridgehead atoms. The smallest absolute Gasteiger partial charge is 0.251 e. The van der Waals surface area contributed by atoms with Gasteiger partial charge in [-0.25, -0.2) is 0 Å². The average Bonchev–Trinajstić information content (AvgIpc) is 3.38. The number of morpholine rings is 1. The minimum Gasteiger partial charge on any atom is -0.489 e. The number of hydrogen-bond acceptors (Lipinski definition) is 5. The first-order valence-electron chi connectivity index (χ1n) is 11.9. The van der Waals surface area contributed by atoms with E-state index in [-0.39, 0.29) is 17.4 Å². The van der Waals surface area contributed by atoms with Crippen LogP contribution in [0, 0.1) is 0 Å². The number of nitrogens with one attached hydrogen (secondary N) is 1. The summed E-state index contributed by atoms with van der Waals surface area (Å²) in [5, 5.41) is 5.22. The number of thiophene rings is 1. The summed E-state index contributed by atoms with van der Waals surface area (Å²) in [6.07, 6.45) is 0. The SMILES string of the molecule is CC(C)(C)c1ccc(OCc2ccc(C(=O)NCC(c3cccs3)N3CCOCC3)cc2)cc1. The molecule has 1 N–H and O–H groups in total. The Hall–Kier alpha value is -2.67. The molecule has 1 unspecified atom stereocenters. The molecule has 6 heteroatoms. The highest BCUT2D eigenvalue weighted by Crippen LogP contribution is 2.26. The minimum atomic E-state index is -0.0555. The number of benzene rings is 2. The highest BCUT2D eigenvalue weighted by atomic mass is 32.1. The van der Waals surface area contributed by atoms with Gasteiger partial charge in [-0.3, -0.25) is 9.69 Å². The second-order valence-electron chi connectivity index (χ2n) is 9.65. The largest absolute Gasteiger partial charge is 0.489 e. The van der Waals surface area contributed by atoms with Crippen molar-refractivity contribution in [3.63, 3.8) is 0 Å². The molecule has 1 aromatic heterocycles. The highest BCUT2D eigenvalue weighted by molar-refractivity contribution is 7.10. The zero-order valence-corrected chi connectivity index (χ0v) is 21.1. The van der Waals surface area contributed by atoms with Gasteiger partial charge in [0, 0.05) is 30.1 Å². The van der Waals surface area contributed by atoms with Gasteiger partial charge in [-0.2, -0.15) is 0 Å². The molecule has 1 fully saturated rings. The predicted molar refractivity (Wildman–Crippen MR) is 138 cm³/mol. The highest BCUT2D eigenvalue weighted by Gasteiger charge is 2.24. The molecule has 1 aliphatic heterocycles. The fourth-order valence-electron chi connectivity index (χ4n) is 4.04. The first kappa shape index (κ1) is 24.5. The van der Waals surface area contributed by atoms with Crippen LogP contribution in [-0.4, -0.2) is 43.7 Å². The van der Waals surface area contributed by atoms with E-state index in [2.05, 4.69) is 60.6 Å². The molecule has 2 aromatic carbocycles. The van der Waals surface area contributed by atoms with E-state index < -0.39 is 0 Å². The van der Waals surface area contributed by atoms with E-state index in [4.69, 9.17) is 9.47 Å². The Balaban J connectivity index is 1.31. The Morgan fingerprint density at radius 2 is 1.76 bits per heavy atom. The van der Waals surface area contributed by atoms with Crippen LogP contribution in [0.15, 0.2) is 66.0 Å². The molecule has 1 atom stereocenters. The number of carbonyl (C=O) groups excluding carboxylic acids is 1. The van der Waals surface area contributed by atoms with Crippen molar-refractivity contribution in [2.45, 2.75) is 38.8 Å². The van der Waals surface area contributed by atoms with Crippen LogP contribution in [-0.2, 0) is 16.8 Å². The summed E-state index contributed by atoms with van der Waals surface area (Å²) < 4.78 is 11.4. The standard InChI is InChI=1S/C28H34N2O3S/c1-28(2,3)23-10-12-24(13-11-23)33-20-21-6-8-22(9-7-21)27(31)29-19-25(26-5-4-18-34-26)30-14-16-32-17-15-30/h4-13,18,25H,14-17,19-20H2,1-3H3,(H,29,31). The van der Waals surface area contributed by atoms with Crippen LogP contribution in [0.3, 0.4) is 0 Å². The molecule has 1 amide bonds. The maximum atomic E-state index is 12.8. The van der Waals surface area contributed by atoms with Crippen molar-refractivity contribution < 1.29 is 14.3 Å². The van der Waals surface area contributed by atoms with E-state index in [0.717, 1.165) is 37.6 Å². The Morgan fingerprint density at radius 1 is 1.06 bits per heavy atom. The summed E-state index contributed by atoms with van der Waals surface area (Å²) in [6, 6.07) is 20.3. The van der Waals surface area contributed by atoms with Crippen LogP contribution in [0.2, 0.25) is 0 Å². The predicted octanol–water partition coefficient (Wildman–Crippen LogP) is 5.43. The Bertz CT molecular complexity index is 1030. The van der Waals surface area contributed by atoms with E-state index in [1.807, 2.05) is 36.4 Å². The van der Waals surface area contributed by atoms with Crippen molar-refractivity contribution in [1.82, 2.24) is 10.2 Å². The van der Waals surface area contributed by atoms with Crippen molar-refractivity contribution in [3.8, 4) is 5.75 Å². The minimum absolute atomic E-state index is 0.0555.